The molecule has 12 heteroatoms. The van der Waals surface area contributed by atoms with E-state index < -0.39 is 11.6 Å². The number of hydrogen-bond acceptors (Lipinski definition) is 9. The number of aryl methyl sites for hydroxylation is 1. The smallest absolute Gasteiger partial charge is 0.190 e. The second-order valence-electron chi connectivity index (χ2n) is 7.56. The van der Waals surface area contributed by atoms with Gasteiger partial charge in [0.1, 0.15) is 11.5 Å². The number of piperidine rings is 1. The summed E-state index contributed by atoms with van der Waals surface area (Å²) in [5.74, 6) is 4.41. The lowest BCUT2D eigenvalue weighted by molar-refractivity contribution is 0.236. The predicted octanol–water partition coefficient (Wildman–Crippen LogP) is 2.05. The first-order chi connectivity index (χ1) is 15.4. The van der Waals surface area contributed by atoms with E-state index in [0.717, 1.165) is 30.6 Å². The van der Waals surface area contributed by atoms with Crippen molar-refractivity contribution in [1.29, 1.82) is 0 Å². The summed E-state index contributed by atoms with van der Waals surface area (Å²) in [5.41, 5.74) is 7.05. The second kappa shape index (κ2) is 9.18. The first-order valence-electron chi connectivity index (χ1n) is 10.0. The summed E-state index contributed by atoms with van der Waals surface area (Å²) in [6, 6.07) is 4.68. The van der Waals surface area contributed by atoms with E-state index in [2.05, 4.69) is 38.5 Å². The first kappa shape index (κ1) is 22.1. The zero-order valence-electron chi connectivity index (χ0n) is 17.3. The number of nitrogens with zero attached hydrogens (tertiary/aromatic N) is 6. The number of benzene rings is 1. The van der Waals surface area contributed by atoms with Gasteiger partial charge in [-0.25, -0.2) is 19.6 Å². The minimum absolute atomic E-state index is 0.112. The van der Waals surface area contributed by atoms with E-state index in [1.54, 1.807) is 23.5 Å². The van der Waals surface area contributed by atoms with Gasteiger partial charge in [-0.05, 0) is 54.4 Å². The molecule has 1 aliphatic heterocycles. The summed E-state index contributed by atoms with van der Waals surface area (Å²) >= 11 is 4.56. The predicted molar refractivity (Wildman–Crippen MR) is 120 cm³/mol. The number of hydrogen-bond donors (Lipinski definition) is 4. The molecular formula is C20H23F2N9S. The third-order valence-corrected chi connectivity index (χ3v) is 5.75. The highest BCUT2D eigenvalue weighted by Crippen LogP contribution is 2.30. The molecule has 0 radical (unpaired) electrons. The van der Waals surface area contributed by atoms with Crippen molar-refractivity contribution < 1.29 is 8.78 Å². The maximum absolute atomic E-state index is 14.6. The Labute approximate surface area is 188 Å². The molecule has 1 atom stereocenters. The maximum Gasteiger partial charge on any atom is 0.190 e. The lowest BCUT2D eigenvalue weighted by Gasteiger charge is -2.30. The fourth-order valence-corrected chi connectivity index (χ4v) is 3.78. The van der Waals surface area contributed by atoms with E-state index in [1.807, 2.05) is 0 Å². The molecule has 32 heavy (non-hydrogen) atoms. The van der Waals surface area contributed by atoms with Gasteiger partial charge in [0.25, 0.3) is 0 Å². The van der Waals surface area contributed by atoms with Crippen LogP contribution >= 0.6 is 12.6 Å². The summed E-state index contributed by atoms with van der Waals surface area (Å²) in [7, 11) is 0. The Bertz CT molecular complexity index is 1160. The number of halogens is 2. The number of aromatic nitrogens is 5. The minimum Gasteiger partial charge on any atom is -0.383 e. The normalized spacial score (nSPS) is 16.9. The average Bonchev–Trinajstić information content (AvgIpc) is 3.27. The van der Waals surface area contributed by atoms with E-state index in [1.165, 1.54) is 19.1 Å². The van der Waals surface area contributed by atoms with Crippen LogP contribution in [-0.2, 0) is 0 Å². The number of pyridine rings is 1. The summed E-state index contributed by atoms with van der Waals surface area (Å²) in [6.07, 6.45) is 5.28. The van der Waals surface area contributed by atoms with E-state index in [0.29, 0.717) is 16.0 Å². The Morgan fingerprint density at radius 2 is 2.16 bits per heavy atom. The maximum atomic E-state index is 14.6. The first-order valence-corrected chi connectivity index (χ1v) is 10.5. The van der Waals surface area contributed by atoms with E-state index >= 15 is 0 Å². The van der Waals surface area contributed by atoms with Crippen molar-refractivity contribution >= 4 is 23.4 Å². The minimum atomic E-state index is -1.06. The Morgan fingerprint density at radius 1 is 1.34 bits per heavy atom. The fraction of sp³-hybridized carbons (Fsp3) is 0.300. The van der Waals surface area contributed by atoms with Gasteiger partial charge in [0.2, 0.25) is 0 Å². The molecule has 5 N–H and O–H groups in total. The summed E-state index contributed by atoms with van der Waals surface area (Å²) in [4.78, 5) is 4.76. The Kier molecular flexibility index (Phi) is 6.35. The number of hydrazine groups is 1. The van der Waals surface area contributed by atoms with Crippen molar-refractivity contribution in [3.63, 3.8) is 0 Å². The number of rotatable bonds is 5. The molecular weight excluding hydrogens is 436 g/mol. The van der Waals surface area contributed by atoms with Crippen molar-refractivity contribution in [2.24, 2.45) is 5.84 Å². The molecule has 2 aromatic heterocycles. The number of tetrazole rings is 1. The molecule has 0 unspecified atom stereocenters. The van der Waals surface area contributed by atoms with Gasteiger partial charge in [0.15, 0.2) is 17.5 Å². The summed E-state index contributed by atoms with van der Waals surface area (Å²) in [5, 5.41) is 16.3. The topological polar surface area (TPSA) is 124 Å². The number of anilines is 1. The molecule has 0 bridgehead atoms. The third-order valence-electron chi connectivity index (χ3n) is 5.37. The van der Waals surface area contributed by atoms with Gasteiger partial charge in [-0.2, -0.15) is 4.68 Å². The molecule has 0 aliphatic carbocycles. The lowest BCUT2D eigenvalue weighted by atomic mass is 10.1. The van der Waals surface area contributed by atoms with Crippen molar-refractivity contribution in [2.75, 3.05) is 18.8 Å². The lowest BCUT2D eigenvalue weighted by Crippen LogP contribution is -2.46. The highest BCUT2D eigenvalue weighted by Gasteiger charge is 2.21. The van der Waals surface area contributed by atoms with Crippen LogP contribution in [0.4, 0.5) is 14.6 Å². The van der Waals surface area contributed by atoms with Crippen LogP contribution in [0.1, 0.15) is 24.0 Å². The molecule has 3 aromatic rings. The van der Waals surface area contributed by atoms with Gasteiger partial charge in [0.05, 0.1) is 11.6 Å². The molecule has 168 valence electrons. The molecule has 1 fully saturated rings. The standard InChI is InChI=1S/C20H23F2N9S/c1-11-4-5-15(18(22)17(11)21)31-20(27-28-29-31)14-7-12(8-26-19(14)23)16(32)10-30(24)13-3-2-6-25-9-13/h4-5,7-8,10,13,25,32H,2-3,6,9,24H2,1H3,(H2,23,26)/b16-10-/t13-/m1/s1. The fourth-order valence-electron chi connectivity index (χ4n) is 3.52. The molecule has 1 aromatic carbocycles. The number of thiol groups is 1. The van der Waals surface area contributed by atoms with Crippen molar-refractivity contribution in [1.82, 2.24) is 35.5 Å². The van der Waals surface area contributed by atoms with Crippen LogP contribution in [-0.4, -0.2) is 49.3 Å². The van der Waals surface area contributed by atoms with Crippen LogP contribution in [0.5, 0.6) is 0 Å². The van der Waals surface area contributed by atoms with Gasteiger partial charge in [0, 0.05) is 29.4 Å². The van der Waals surface area contributed by atoms with Crippen LogP contribution in [0.3, 0.4) is 0 Å². The number of nitrogens with one attached hydrogen (secondary N) is 1. The third kappa shape index (κ3) is 4.29. The van der Waals surface area contributed by atoms with Crippen LogP contribution in [0.25, 0.3) is 22.0 Å². The molecule has 0 spiro atoms. The highest BCUT2D eigenvalue weighted by molar-refractivity contribution is 7.90. The molecule has 1 saturated heterocycles. The average molecular weight is 460 g/mol. The quantitative estimate of drug-likeness (QED) is 0.260. The van der Waals surface area contributed by atoms with Crippen LogP contribution in [0.2, 0.25) is 0 Å². The number of nitrogens with two attached hydrogens (primary N) is 2. The highest BCUT2D eigenvalue weighted by atomic mass is 32.1. The van der Waals surface area contributed by atoms with E-state index in [9.17, 15) is 8.78 Å². The second-order valence-corrected chi connectivity index (χ2v) is 8.04. The van der Waals surface area contributed by atoms with Crippen molar-refractivity contribution in [2.45, 2.75) is 25.8 Å². The van der Waals surface area contributed by atoms with Gasteiger partial charge in [-0.1, -0.05) is 6.07 Å². The number of nitrogen functional groups attached to an aromatic ring is 1. The molecule has 1 aliphatic rings. The van der Waals surface area contributed by atoms with Crippen LogP contribution < -0.4 is 16.9 Å². The Balaban J connectivity index is 1.70. The Hall–Kier alpha value is -3.09. The van der Waals surface area contributed by atoms with Crippen molar-refractivity contribution in [3.8, 4) is 17.1 Å². The Morgan fingerprint density at radius 3 is 2.91 bits per heavy atom. The van der Waals surface area contributed by atoms with E-state index in [4.69, 9.17) is 11.6 Å². The molecule has 0 amide bonds. The summed E-state index contributed by atoms with van der Waals surface area (Å²) < 4.78 is 29.8. The summed E-state index contributed by atoms with van der Waals surface area (Å²) in [6.45, 7) is 3.23. The van der Waals surface area contributed by atoms with E-state index in [-0.39, 0.29) is 28.9 Å². The zero-order valence-corrected chi connectivity index (χ0v) is 18.2. The van der Waals surface area contributed by atoms with Crippen LogP contribution in [0.15, 0.2) is 30.6 Å². The molecule has 0 saturated carbocycles. The molecule has 4 rings (SSSR count). The van der Waals surface area contributed by atoms with Gasteiger partial charge >= 0.3 is 0 Å². The zero-order chi connectivity index (χ0) is 22.8. The molecule has 3 heterocycles. The van der Waals surface area contributed by atoms with Gasteiger partial charge in [-0.3, -0.25) is 0 Å². The van der Waals surface area contributed by atoms with Gasteiger partial charge < -0.3 is 16.1 Å². The molecule has 9 nitrogen and oxygen atoms in total. The monoisotopic (exact) mass is 459 g/mol. The SMILES string of the molecule is Cc1ccc(-n2nnnc2-c2cc(/C(S)=C/N(N)[C@@H]3CCCNC3)cnc2N)c(F)c1F. The van der Waals surface area contributed by atoms with Crippen molar-refractivity contribution in [3.05, 3.63) is 53.4 Å². The van der Waals surface area contributed by atoms with Crippen LogP contribution in [0, 0.1) is 18.6 Å². The van der Waals surface area contributed by atoms with Gasteiger partial charge in [-0.15, -0.1) is 17.7 Å². The largest absolute Gasteiger partial charge is 0.383 e.